The molecule has 0 aliphatic carbocycles. The Kier molecular flexibility index (Phi) is 8.60. The quantitative estimate of drug-likeness (QED) is 0.339. The van der Waals surface area contributed by atoms with Gasteiger partial charge < -0.3 is 19.1 Å². The highest BCUT2D eigenvalue weighted by Crippen LogP contribution is 2.28. The zero-order valence-electron chi connectivity index (χ0n) is 19.9. The van der Waals surface area contributed by atoms with Crippen molar-refractivity contribution in [2.24, 2.45) is 0 Å². The van der Waals surface area contributed by atoms with Gasteiger partial charge in [-0.05, 0) is 78.8 Å². The summed E-state index contributed by atoms with van der Waals surface area (Å²) in [6.45, 7) is 1.44. The minimum Gasteiger partial charge on any atom is -0.492 e. The summed E-state index contributed by atoms with van der Waals surface area (Å²) in [5.74, 6) is 0.0436. The Morgan fingerprint density at radius 1 is 0.706 bits per heavy atom. The smallest absolute Gasteiger partial charge is 0.337 e. The lowest BCUT2D eigenvalue weighted by atomic mass is 9.94. The normalized spacial score (nSPS) is 11.3. The van der Waals surface area contributed by atoms with Crippen molar-refractivity contribution in [2.45, 2.75) is 0 Å². The molecular weight excluding hydrogens is 430 g/mol. The molecule has 0 aliphatic rings. The highest BCUT2D eigenvalue weighted by Gasteiger charge is 2.10. The molecule has 0 bridgehead atoms. The first-order valence-corrected chi connectivity index (χ1v) is 10.9. The van der Waals surface area contributed by atoms with Crippen molar-refractivity contribution in [1.29, 1.82) is 0 Å². The Balaban J connectivity index is 1.94. The average Bonchev–Trinajstić information content (AvgIpc) is 2.87. The van der Waals surface area contributed by atoms with Crippen LogP contribution < -0.4 is 4.74 Å². The summed E-state index contributed by atoms with van der Waals surface area (Å²) in [4.78, 5) is 25.7. The summed E-state index contributed by atoms with van der Waals surface area (Å²) in [6.07, 6.45) is 2.04. The number of hydrogen-bond acceptors (Lipinski definition) is 6. The highest BCUT2D eigenvalue weighted by atomic mass is 16.5. The van der Waals surface area contributed by atoms with Gasteiger partial charge in [-0.2, -0.15) is 0 Å². The Bertz CT molecular complexity index is 1130. The lowest BCUT2D eigenvalue weighted by Crippen LogP contribution is -2.19. The van der Waals surface area contributed by atoms with E-state index in [2.05, 4.69) is 4.90 Å². The first-order valence-electron chi connectivity index (χ1n) is 10.9. The van der Waals surface area contributed by atoms with Gasteiger partial charge in [-0.15, -0.1) is 0 Å². The number of carbonyl (C=O) groups is 2. The van der Waals surface area contributed by atoms with Crippen molar-refractivity contribution in [1.82, 2.24) is 4.90 Å². The van der Waals surface area contributed by atoms with Crippen LogP contribution in [0.15, 0.2) is 72.8 Å². The number of nitrogens with zero attached hydrogens (tertiary/aromatic N) is 1. The Hall–Kier alpha value is -3.90. The molecule has 0 aliphatic heterocycles. The Morgan fingerprint density at radius 2 is 1.15 bits per heavy atom. The van der Waals surface area contributed by atoms with Crippen molar-refractivity contribution in [3.8, 4) is 5.75 Å². The average molecular weight is 460 g/mol. The summed E-state index contributed by atoms with van der Waals surface area (Å²) in [7, 11) is 6.74. The van der Waals surface area contributed by atoms with Crippen LogP contribution in [0, 0.1) is 0 Å². The van der Waals surface area contributed by atoms with E-state index >= 15 is 0 Å². The van der Waals surface area contributed by atoms with Crippen LogP contribution in [0.3, 0.4) is 0 Å². The third-order valence-electron chi connectivity index (χ3n) is 5.23. The monoisotopic (exact) mass is 459 g/mol. The molecule has 0 atom stereocenters. The number of hydrogen-bond donors (Lipinski definition) is 0. The molecule has 0 spiro atoms. The van der Waals surface area contributed by atoms with E-state index < -0.39 is 0 Å². The molecule has 3 rings (SSSR count). The number of likely N-dealkylation sites (N-methyl/N-ethyl adjacent to an activating group) is 1. The van der Waals surface area contributed by atoms with Crippen molar-refractivity contribution in [3.63, 3.8) is 0 Å². The lowest BCUT2D eigenvalue weighted by molar-refractivity contribution is 0.0592. The predicted octanol–water partition coefficient (Wildman–Crippen LogP) is 4.79. The van der Waals surface area contributed by atoms with Crippen LogP contribution in [-0.4, -0.2) is 58.3 Å². The van der Waals surface area contributed by atoms with E-state index in [1.54, 1.807) is 24.3 Å². The molecule has 0 fully saturated rings. The second-order valence-electron chi connectivity index (χ2n) is 7.92. The first kappa shape index (κ1) is 24.7. The molecule has 0 radical (unpaired) electrons. The molecule has 6 nitrogen and oxygen atoms in total. The highest BCUT2D eigenvalue weighted by molar-refractivity contribution is 5.94. The van der Waals surface area contributed by atoms with Gasteiger partial charge in [0.05, 0.1) is 25.3 Å². The van der Waals surface area contributed by atoms with Crippen molar-refractivity contribution in [3.05, 3.63) is 101 Å². The lowest BCUT2D eigenvalue weighted by Gasteiger charge is -2.13. The van der Waals surface area contributed by atoms with E-state index in [1.807, 2.05) is 68.7 Å². The first-order chi connectivity index (χ1) is 16.4. The Morgan fingerprint density at radius 3 is 1.62 bits per heavy atom. The van der Waals surface area contributed by atoms with Gasteiger partial charge in [0.15, 0.2) is 0 Å². The molecular formula is C28H29NO5. The van der Waals surface area contributed by atoms with Crippen molar-refractivity contribution >= 4 is 23.6 Å². The number of methoxy groups -OCH3 is 2. The zero-order chi connectivity index (χ0) is 24.5. The topological polar surface area (TPSA) is 65.1 Å². The van der Waals surface area contributed by atoms with Gasteiger partial charge in [0.2, 0.25) is 0 Å². The third kappa shape index (κ3) is 6.56. The van der Waals surface area contributed by atoms with Gasteiger partial charge in [-0.3, -0.25) is 0 Å². The summed E-state index contributed by atoms with van der Waals surface area (Å²) in [6, 6.07) is 22.4. The third-order valence-corrected chi connectivity index (χ3v) is 5.23. The van der Waals surface area contributed by atoms with Crippen LogP contribution in [0.1, 0.15) is 37.4 Å². The van der Waals surface area contributed by atoms with Crippen LogP contribution in [0.25, 0.3) is 11.6 Å². The van der Waals surface area contributed by atoms with Crippen LogP contribution >= 0.6 is 0 Å². The summed E-state index contributed by atoms with van der Waals surface area (Å²) in [5.41, 5.74) is 4.78. The predicted molar refractivity (Wildman–Crippen MR) is 133 cm³/mol. The number of ether oxygens (including phenoxy) is 3. The molecule has 3 aromatic carbocycles. The van der Waals surface area contributed by atoms with Gasteiger partial charge >= 0.3 is 11.9 Å². The van der Waals surface area contributed by atoms with Crippen LogP contribution in [0.5, 0.6) is 5.75 Å². The number of carbonyl (C=O) groups excluding carboxylic acids is 2. The van der Waals surface area contributed by atoms with Gasteiger partial charge in [-0.25, -0.2) is 9.59 Å². The standard InChI is InChI=1S/C28H29NO5/c1-29(2)17-18-34-25-15-13-22(14-16-25)26(21-9-11-24(12-10-21)28(31)33-4)19-20-5-7-23(8-6-20)27(30)32-3/h5-16,19H,17-18H2,1-4H3/b26-19+. The fourth-order valence-electron chi connectivity index (χ4n) is 3.31. The SMILES string of the molecule is COC(=O)c1ccc(/C=C(/c2ccc(OCCN(C)C)cc2)c2ccc(C(=O)OC)cc2)cc1. The van der Waals surface area contributed by atoms with E-state index in [4.69, 9.17) is 14.2 Å². The van der Waals surface area contributed by atoms with E-state index in [0.717, 1.165) is 34.6 Å². The van der Waals surface area contributed by atoms with Crippen LogP contribution in [-0.2, 0) is 9.47 Å². The van der Waals surface area contributed by atoms with E-state index in [1.165, 1.54) is 14.2 Å². The van der Waals surface area contributed by atoms with E-state index in [-0.39, 0.29) is 11.9 Å². The van der Waals surface area contributed by atoms with Crippen LogP contribution in [0.4, 0.5) is 0 Å². The molecule has 6 heteroatoms. The van der Waals surface area contributed by atoms with Crippen molar-refractivity contribution < 1.29 is 23.8 Å². The maximum Gasteiger partial charge on any atom is 0.337 e. The minimum absolute atomic E-state index is 0.376. The van der Waals surface area contributed by atoms with Gasteiger partial charge in [0.1, 0.15) is 12.4 Å². The molecule has 3 aromatic rings. The fourth-order valence-corrected chi connectivity index (χ4v) is 3.31. The molecule has 34 heavy (non-hydrogen) atoms. The number of benzene rings is 3. The number of esters is 2. The van der Waals surface area contributed by atoms with E-state index in [0.29, 0.717) is 17.7 Å². The summed E-state index contributed by atoms with van der Waals surface area (Å²) >= 11 is 0. The molecule has 0 heterocycles. The van der Waals surface area contributed by atoms with Crippen molar-refractivity contribution in [2.75, 3.05) is 41.5 Å². The molecule has 176 valence electrons. The maximum atomic E-state index is 11.8. The second-order valence-corrected chi connectivity index (χ2v) is 7.92. The molecule has 0 amide bonds. The van der Waals surface area contributed by atoms with Crippen LogP contribution in [0.2, 0.25) is 0 Å². The van der Waals surface area contributed by atoms with E-state index in [9.17, 15) is 9.59 Å². The second kappa shape index (κ2) is 11.8. The molecule has 0 N–H and O–H groups in total. The molecule has 0 unspecified atom stereocenters. The van der Waals surface area contributed by atoms with Gasteiger partial charge in [0.25, 0.3) is 0 Å². The largest absolute Gasteiger partial charge is 0.492 e. The molecule has 0 saturated carbocycles. The number of rotatable bonds is 9. The van der Waals surface area contributed by atoms with Gasteiger partial charge in [-0.1, -0.05) is 36.4 Å². The molecule has 0 saturated heterocycles. The fraction of sp³-hybridized carbons (Fsp3) is 0.214. The Labute approximate surface area is 200 Å². The van der Waals surface area contributed by atoms with Gasteiger partial charge in [0, 0.05) is 6.54 Å². The zero-order valence-corrected chi connectivity index (χ0v) is 19.9. The maximum absolute atomic E-state index is 11.8. The minimum atomic E-state index is -0.380. The summed E-state index contributed by atoms with van der Waals surface area (Å²) < 4.78 is 15.4. The summed E-state index contributed by atoms with van der Waals surface area (Å²) in [5, 5.41) is 0. The molecule has 0 aromatic heterocycles.